The largest absolute Gasteiger partial charge is 0.381 e. The standard InChI is InChI=1S/C19H37N3O2/c1-4-5-6-7-8-13-22(3)19(20-2)21-12-9-14-24-17-18-10-15-23-16-11-18/h4,18H,1,5-17H2,2-3H3,(H,20,21). The van der Waals surface area contributed by atoms with Crippen molar-refractivity contribution in [3.05, 3.63) is 12.7 Å². The second-order valence-corrected chi connectivity index (χ2v) is 6.52. The van der Waals surface area contributed by atoms with Gasteiger partial charge in [-0.1, -0.05) is 12.5 Å². The molecule has 0 atom stereocenters. The molecule has 0 aromatic rings. The number of hydrogen-bond donors (Lipinski definition) is 1. The Morgan fingerprint density at radius 1 is 1.29 bits per heavy atom. The molecule has 24 heavy (non-hydrogen) atoms. The summed E-state index contributed by atoms with van der Waals surface area (Å²) in [6, 6.07) is 0. The number of allylic oxidation sites excluding steroid dienone is 1. The minimum absolute atomic E-state index is 0.687. The van der Waals surface area contributed by atoms with Crippen molar-refractivity contribution < 1.29 is 9.47 Å². The van der Waals surface area contributed by atoms with Crippen molar-refractivity contribution in [2.24, 2.45) is 10.9 Å². The highest BCUT2D eigenvalue weighted by molar-refractivity contribution is 5.79. The van der Waals surface area contributed by atoms with E-state index in [9.17, 15) is 0 Å². The number of rotatable bonds is 12. The molecule has 0 unspecified atom stereocenters. The predicted molar refractivity (Wildman–Crippen MR) is 102 cm³/mol. The van der Waals surface area contributed by atoms with Gasteiger partial charge in [-0.15, -0.1) is 6.58 Å². The first-order valence-electron chi connectivity index (χ1n) is 9.46. The SMILES string of the molecule is C=CCCCCCN(C)C(=NC)NCCCOCC1CCOCC1. The summed E-state index contributed by atoms with van der Waals surface area (Å²) in [6.45, 7) is 9.18. The average molecular weight is 340 g/mol. The van der Waals surface area contributed by atoms with Crippen molar-refractivity contribution in [1.29, 1.82) is 0 Å². The third-order valence-electron chi connectivity index (χ3n) is 4.42. The molecule has 1 aliphatic heterocycles. The van der Waals surface area contributed by atoms with Crippen LogP contribution in [0.5, 0.6) is 0 Å². The van der Waals surface area contributed by atoms with Crippen molar-refractivity contribution in [1.82, 2.24) is 10.2 Å². The lowest BCUT2D eigenvalue weighted by molar-refractivity contribution is 0.0203. The van der Waals surface area contributed by atoms with Gasteiger partial charge in [0.05, 0.1) is 0 Å². The molecule has 0 aliphatic carbocycles. The van der Waals surface area contributed by atoms with Gasteiger partial charge in [0.1, 0.15) is 0 Å². The van der Waals surface area contributed by atoms with E-state index in [2.05, 4.69) is 28.8 Å². The normalized spacial score (nSPS) is 16.2. The molecule has 5 heteroatoms. The van der Waals surface area contributed by atoms with E-state index in [0.29, 0.717) is 5.92 Å². The summed E-state index contributed by atoms with van der Waals surface area (Å²) in [4.78, 5) is 6.56. The van der Waals surface area contributed by atoms with Gasteiger partial charge in [-0.05, 0) is 44.4 Å². The summed E-state index contributed by atoms with van der Waals surface area (Å²) in [5.41, 5.74) is 0. The van der Waals surface area contributed by atoms with Crippen LogP contribution >= 0.6 is 0 Å². The Kier molecular flexibility index (Phi) is 12.5. The van der Waals surface area contributed by atoms with Gasteiger partial charge in [-0.2, -0.15) is 0 Å². The number of hydrogen-bond acceptors (Lipinski definition) is 3. The fourth-order valence-corrected chi connectivity index (χ4v) is 2.84. The van der Waals surface area contributed by atoms with E-state index in [0.717, 1.165) is 71.2 Å². The molecule has 0 aromatic carbocycles. The second kappa shape index (κ2) is 14.3. The predicted octanol–water partition coefficient (Wildman–Crippen LogP) is 3.07. The Labute approximate surface area is 148 Å². The second-order valence-electron chi connectivity index (χ2n) is 6.52. The van der Waals surface area contributed by atoms with Crippen LogP contribution in [0.15, 0.2) is 17.6 Å². The Balaban J connectivity index is 2.00. The third kappa shape index (κ3) is 9.93. The quantitative estimate of drug-likeness (QED) is 0.257. The summed E-state index contributed by atoms with van der Waals surface area (Å²) in [6.07, 6.45) is 10.1. The monoisotopic (exact) mass is 339 g/mol. The number of nitrogens with zero attached hydrogens (tertiary/aromatic N) is 2. The molecular weight excluding hydrogens is 302 g/mol. The zero-order chi connectivity index (χ0) is 17.5. The minimum Gasteiger partial charge on any atom is -0.381 e. The van der Waals surface area contributed by atoms with Crippen LogP contribution in [0.3, 0.4) is 0 Å². The molecule has 1 heterocycles. The van der Waals surface area contributed by atoms with Crippen LogP contribution in [0, 0.1) is 5.92 Å². The Morgan fingerprint density at radius 2 is 2.08 bits per heavy atom. The molecule has 0 aromatic heterocycles. The van der Waals surface area contributed by atoms with Gasteiger partial charge >= 0.3 is 0 Å². The van der Waals surface area contributed by atoms with Gasteiger partial charge in [-0.3, -0.25) is 4.99 Å². The molecule has 0 amide bonds. The van der Waals surface area contributed by atoms with Gasteiger partial charge in [-0.25, -0.2) is 0 Å². The highest BCUT2D eigenvalue weighted by Crippen LogP contribution is 2.14. The molecule has 0 saturated carbocycles. The Morgan fingerprint density at radius 3 is 2.79 bits per heavy atom. The third-order valence-corrected chi connectivity index (χ3v) is 4.42. The van der Waals surface area contributed by atoms with E-state index < -0.39 is 0 Å². The molecule has 1 fully saturated rings. The lowest BCUT2D eigenvalue weighted by Gasteiger charge is -2.23. The first-order chi connectivity index (χ1) is 11.8. The van der Waals surface area contributed by atoms with Crippen LogP contribution in [0.1, 0.15) is 44.9 Å². The first kappa shape index (κ1) is 21.0. The van der Waals surface area contributed by atoms with E-state index in [1.807, 2.05) is 13.1 Å². The van der Waals surface area contributed by atoms with Crippen molar-refractivity contribution >= 4 is 5.96 Å². The molecule has 0 radical (unpaired) electrons. The van der Waals surface area contributed by atoms with Gasteiger partial charge in [0.15, 0.2) is 5.96 Å². The first-order valence-corrected chi connectivity index (χ1v) is 9.46. The van der Waals surface area contributed by atoms with E-state index in [4.69, 9.17) is 9.47 Å². The lowest BCUT2D eigenvalue weighted by Crippen LogP contribution is -2.40. The summed E-state index contributed by atoms with van der Waals surface area (Å²) < 4.78 is 11.2. The van der Waals surface area contributed by atoms with Crippen LogP contribution in [0.4, 0.5) is 0 Å². The Bertz CT molecular complexity index is 342. The number of ether oxygens (including phenoxy) is 2. The van der Waals surface area contributed by atoms with Gasteiger partial charge < -0.3 is 19.7 Å². The van der Waals surface area contributed by atoms with Gasteiger partial charge in [0, 0.05) is 53.6 Å². The molecule has 1 N–H and O–H groups in total. The molecule has 5 nitrogen and oxygen atoms in total. The highest BCUT2D eigenvalue weighted by Gasteiger charge is 2.13. The molecule has 0 bridgehead atoms. The average Bonchev–Trinajstić information content (AvgIpc) is 2.61. The molecule has 0 spiro atoms. The molecule has 1 saturated heterocycles. The van der Waals surface area contributed by atoms with E-state index in [-0.39, 0.29) is 0 Å². The van der Waals surface area contributed by atoms with Gasteiger partial charge in [0.2, 0.25) is 0 Å². The molecule has 140 valence electrons. The zero-order valence-electron chi connectivity index (χ0n) is 15.8. The minimum atomic E-state index is 0.687. The topological polar surface area (TPSA) is 46.1 Å². The lowest BCUT2D eigenvalue weighted by atomic mass is 10.0. The van der Waals surface area contributed by atoms with Crippen LogP contribution in [0.2, 0.25) is 0 Å². The summed E-state index contributed by atoms with van der Waals surface area (Å²) in [5, 5.41) is 3.42. The van der Waals surface area contributed by atoms with Crippen molar-refractivity contribution in [2.45, 2.75) is 44.9 Å². The van der Waals surface area contributed by atoms with Crippen molar-refractivity contribution in [3.63, 3.8) is 0 Å². The fraction of sp³-hybridized carbons (Fsp3) is 0.842. The fourth-order valence-electron chi connectivity index (χ4n) is 2.84. The number of guanidine groups is 1. The Hall–Kier alpha value is -1.07. The van der Waals surface area contributed by atoms with Crippen LogP contribution < -0.4 is 5.32 Å². The smallest absolute Gasteiger partial charge is 0.193 e. The molecule has 1 rings (SSSR count). The summed E-state index contributed by atoms with van der Waals surface area (Å²) in [7, 11) is 3.95. The maximum atomic E-state index is 5.79. The van der Waals surface area contributed by atoms with Crippen LogP contribution in [0.25, 0.3) is 0 Å². The number of unbranched alkanes of at least 4 members (excludes halogenated alkanes) is 3. The summed E-state index contributed by atoms with van der Waals surface area (Å²) in [5.74, 6) is 1.66. The maximum absolute atomic E-state index is 5.79. The molecule has 1 aliphatic rings. The van der Waals surface area contributed by atoms with E-state index in [1.165, 1.54) is 19.3 Å². The van der Waals surface area contributed by atoms with E-state index >= 15 is 0 Å². The van der Waals surface area contributed by atoms with Crippen molar-refractivity contribution in [3.8, 4) is 0 Å². The highest BCUT2D eigenvalue weighted by atomic mass is 16.5. The van der Waals surface area contributed by atoms with Gasteiger partial charge in [0.25, 0.3) is 0 Å². The zero-order valence-corrected chi connectivity index (χ0v) is 15.8. The van der Waals surface area contributed by atoms with Crippen LogP contribution in [-0.4, -0.2) is 64.5 Å². The van der Waals surface area contributed by atoms with Crippen LogP contribution in [-0.2, 0) is 9.47 Å². The maximum Gasteiger partial charge on any atom is 0.193 e. The summed E-state index contributed by atoms with van der Waals surface area (Å²) >= 11 is 0. The van der Waals surface area contributed by atoms with E-state index in [1.54, 1.807) is 0 Å². The number of aliphatic imine (C=N–C) groups is 1. The number of nitrogens with one attached hydrogen (secondary N) is 1. The molecular formula is C19H37N3O2. The van der Waals surface area contributed by atoms with Crippen molar-refractivity contribution in [2.75, 3.05) is 53.6 Å².